The molecule has 0 saturated heterocycles. The molecule has 0 saturated carbocycles. The van der Waals surface area contributed by atoms with Crippen LogP contribution < -0.4 is 10.5 Å². The minimum atomic E-state index is -0.0743. The van der Waals surface area contributed by atoms with Crippen LogP contribution in [0.15, 0.2) is 41.6 Å². The summed E-state index contributed by atoms with van der Waals surface area (Å²) in [5.74, 6) is 0.721. The van der Waals surface area contributed by atoms with Crippen LogP contribution in [0.25, 0.3) is 26.0 Å². The summed E-state index contributed by atoms with van der Waals surface area (Å²) >= 11 is 1.41. The topological polar surface area (TPSA) is 63.9 Å². The predicted octanol–water partition coefficient (Wildman–Crippen LogP) is 2.76. The van der Waals surface area contributed by atoms with E-state index in [1.165, 1.54) is 11.3 Å². The lowest BCUT2D eigenvalue weighted by Crippen LogP contribution is -2.17. The van der Waals surface area contributed by atoms with Crippen molar-refractivity contribution < 1.29 is 0 Å². The minimum Gasteiger partial charge on any atom is -0.361 e. The van der Waals surface area contributed by atoms with Gasteiger partial charge in [-0.15, -0.1) is 16.4 Å². The molecule has 7 heteroatoms. The second kappa shape index (κ2) is 5.38. The van der Waals surface area contributed by atoms with Crippen molar-refractivity contribution in [2.45, 2.75) is 6.92 Å². The molecular weight excluding hydrogens is 322 g/mol. The first-order valence-electron chi connectivity index (χ1n) is 7.46. The van der Waals surface area contributed by atoms with E-state index >= 15 is 0 Å². The SMILES string of the molecule is Cc1ccc(-n2cnc3c(sc4cnnc(N(C)C)c43)c2=O)cc1. The van der Waals surface area contributed by atoms with E-state index in [1.54, 1.807) is 17.1 Å². The van der Waals surface area contributed by atoms with Crippen LogP contribution in [0.2, 0.25) is 0 Å². The number of hydrogen-bond donors (Lipinski definition) is 0. The van der Waals surface area contributed by atoms with Crippen LogP contribution >= 0.6 is 11.3 Å². The van der Waals surface area contributed by atoms with Crippen LogP contribution in [0, 0.1) is 6.92 Å². The first kappa shape index (κ1) is 14.8. The van der Waals surface area contributed by atoms with Gasteiger partial charge in [0.15, 0.2) is 5.82 Å². The average Bonchev–Trinajstić information content (AvgIpc) is 2.96. The smallest absolute Gasteiger partial charge is 0.275 e. The first-order valence-corrected chi connectivity index (χ1v) is 8.28. The van der Waals surface area contributed by atoms with Gasteiger partial charge < -0.3 is 4.90 Å². The number of nitrogens with zero attached hydrogens (tertiary/aromatic N) is 5. The lowest BCUT2D eigenvalue weighted by Gasteiger charge is -2.11. The summed E-state index contributed by atoms with van der Waals surface area (Å²) in [6, 6.07) is 7.81. The highest BCUT2D eigenvalue weighted by atomic mass is 32.1. The monoisotopic (exact) mass is 337 g/mol. The van der Waals surface area contributed by atoms with Crippen molar-refractivity contribution in [1.29, 1.82) is 0 Å². The minimum absolute atomic E-state index is 0.0743. The summed E-state index contributed by atoms with van der Waals surface area (Å²) in [6.07, 6.45) is 3.27. The fourth-order valence-electron chi connectivity index (χ4n) is 2.68. The van der Waals surface area contributed by atoms with Crippen molar-refractivity contribution in [3.05, 3.63) is 52.7 Å². The Bertz CT molecular complexity index is 1110. The number of fused-ring (bicyclic) bond motifs is 3. The Morgan fingerprint density at radius 1 is 1.17 bits per heavy atom. The van der Waals surface area contributed by atoms with E-state index < -0.39 is 0 Å². The van der Waals surface area contributed by atoms with Gasteiger partial charge in [-0.3, -0.25) is 9.36 Å². The molecule has 4 rings (SSSR count). The maximum Gasteiger partial charge on any atom is 0.275 e. The van der Waals surface area contributed by atoms with Gasteiger partial charge in [-0.2, -0.15) is 5.10 Å². The molecule has 3 heterocycles. The quantitative estimate of drug-likeness (QED) is 0.563. The molecule has 6 nitrogen and oxygen atoms in total. The van der Waals surface area contributed by atoms with Gasteiger partial charge >= 0.3 is 0 Å². The fourth-order valence-corrected chi connectivity index (χ4v) is 3.73. The van der Waals surface area contributed by atoms with E-state index in [0.29, 0.717) is 10.2 Å². The third kappa shape index (κ3) is 2.16. The van der Waals surface area contributed by atoms with Crippen molar-refractivity contribution in [3.8, 4) is 5.69 Å². The number of anilines is 1. The van der Waals surface area contributed by atoms with Crippen molar-refractivity contribution in [2.75, 3.05) is 19.0 Å². The highest BCUT2D eigenvalue weighted by molar-refractivity contribution is 7.25. The van der Waals surface area contributed by atoms with Gasteiger partial charge in [-0.1, -0.05) is 17.7 Å². The molecule has 0 amide bonds. The molecule has 0 aliphatic carbocycles. The maximum atomic E-state index is 12.9. The zero-order valence-electron chi connectivity index (χ0n) is 13.5. The molecule has 0 aliphatic rings. The van der Waals surface area contributed by atoms with Gasteiger partial charge in [-0.05, 0) is 19.1 Å². The van der Waals surface area contributed by atoms with E-state index in [2.05, 4.69) is 15.2 Å². The Balaban J connectivity index is 2.04. The first-order chi connectivity index (χ1) is 11.6. The summed E-state index contributed by atoms with van der Waals surface area (Å²) in [5, 5.41) is 9.09. The molecular formula is C17H15N5OS. The zero-order chi connectivity index (χ0) is 16.8. The normalized spacial score (nSPS) is 11.3. The Morgan fingerprint density at radius 2 is 1.92 bits per heavy atom. The van der Waals surface area contributed by atoms with Crippen LogP contribution in [0.1, 0.15) is 5.56 Å². The molecule has 0 atom stereocenters. The lowest BCUT2D eigenvalue weighted by atomic mass is 10.2. The molecule has 24 heavy (non-hydrogen) atoms. The van der Waals surface area contributed by atoms with Gasteiger partial charge in [0.1, 0.15) is 16.5 Å². The van der Waals surface area contributed by atoms with Gasteiger partial charge in [0.2, 0.25) is 0 Å². The zero-order valence-corrected chi connectivity index (χ0v) is 14.3. The Morgan fingerprint density at radius 3 is 2.62 bits per heavy atom. The Kier molecular flexibility index (Phi) is 3.31. The van der Waals surface area contributed by atoms with Crippen LogP contribution in [0.5, 0.6) is 0 Å². The van der Waals surface area contributed by atoms with Gasteiger partial charge in [-0.25, -0.2) is 4.98 Å². The summed E-state index contributed by atoms with van der Waals surface area (Å²) in [4.78, 5) is 19.4. The van der Waals surface area contributed by atoms with E-state index in [1.807, 2.05) is 50.2 Å². The van der Waals surface area contributed by atoms with Gasteiger partial charge in [0, 0.05) is 14.1 Å². The third-order valence-corrected chi connectivity index (χ3v) is 5.01. The maximum absolute atomic E-state index is 12.9. The molecule has 0 fully saturated rings. The highest BCUT2D eigenvalue weighted by Gasteiger charge is 2.17. The molecule has 3 aromatic heterocycles. The predicted molar refractivity (Wildman–Crippen MR) is 97.4 cm³/mol. The Labute approximate surface area is 142 Å². The largest absolute Gasteiger partial charge is 0.361 e. The van der Waals surface area contributed by atoms with E-state index in [0.717, 1.165) is 27.2 Å². The van der Waals surface area contributed by atoms with Crippen molar-refractivity contribution in [2.24, 2.45) is 0 Å². The molecule has 0 radical (unpaired) electrons. The van der Waals surface area contributed by atoms with Crippen LogP contribution in [-0.2, 0) is 0 Å². The molecule has 0 spiro atoms. The molecule has 120 valence electrons. The summed E-state index contributed by atoms with van der Waals surface area (Å²) in [7, 11) is 3.81. The molecule has 0 N–H and O–H groups in total. The Hall–Kier alpha value is -2.80. The molecule has 0 aliphatic heterocycles. The number of hydrogen-bond acceptors (Lipinski definition) is 6. The van der Waals surface area contributed by atoms with E-state index in [4.69, 9.17) is 0 Å². The van der Waals surface area contributed by atoms with Crippen LogP contribution in [-0.4, -0.2) is 33.8 Å². The van der Waals surface area contributed by atoms with E-state index in [9.17, 15) is 4.79 Å². The number of rotatable bonds is 2. The van der Waals surface area contributed by atoms with Gasteiger partial charge in [0.05, 0.1) is 22.0 Å². The number of thiophene rings is 1. The molecule has 1 aromatic carbocycles. The number of benzene rings is 1. The van der Waals surface area contributed by atoms with Crippen molar-refractivity contribution in [1.82, 2.24) is 19.7 Å². The van der Waals surface area contributed by atoms with Crippen LogP contribution in [0.3, 0.4) is 0 Å². The number of aromatic nitrogens is 4. The summed E-state index contributed by atoms with van der Waals surface area (Å²) in [5.41, 5.74) is 2.56. The van der Waals surface area contributed by atoms with E-state index in [-0.39, 0.29) is 5.56 Å². The molecule has 0 unspecified atom stereocenters. The molecule has 4 aromatic rings. The summed E-state index contributed by atoms with van der Waals surface area (Å²) < 4.78 is 3.11. The van der Waals surface area contributed by atoms with Crippen molar-refractivity contribution >= 4 is 37.5 Å². The molecule has 0 bridgehead atoms. The third-order valence-electron chi connectivity index (χ3n) is 3.91. The fraction of sp³-hybridized carbons (Fsp3) is 0.176. The van der Waals surface area contributed by atoms with Crippen molar-refractivity contribution in [3.63, 3.8) is 0 Å². The van der Waals surface area contributed by atoms with Crippen LogP contribution in [0.4, 0.5) is 5.82 Å². The second-order valence-electron chi connectivity index (χ2n) is 5.84. The van der Waals surface area contributed by atoms with Gasteiger partial charge in [0.25, 0.3) is 5.56 Å². The lowest BCUT2D eigenvalue weighted by molar-refractivity contribution is 0.964. The highest BCUT2D eigenvalue weighted by Crippen LogP contribution is 2.34. The summed E-state index contributed by atoms with van der Waals surface area (Å²) in [6.45, 7) is 2.02. The number of aryl methyl sites for hydroxylation is 1. The standard InChI is InChI=1S/C17H15N5OS/c1-10-4-6-11(7-5-10)22-9-18-14-13-12(24-15(14)17(22)23)8-19-20-16(13)21(2)3/h4-9H,1-3H3. The average molecular weight is 337 g/mol. The second-order valence-corrected chi connectivity index (χ2v) is 6.89.